The summed E-state index contributed by atoms with van der Waals surface area (Å²) < 4.78 is 8.97. The van der Waals surface area contributed by atoms with E-state index in [4.69, 9.17) is 21.0 Å². The Kier molecular flexibility index (Phi) is 5.73. The summed E-state index contributed by atoms with van der Waals surface area (Å²) in [5.74, 6) is 0.865. The summed E-state index contributed by atoms with van der Waals surface area (Å²) in [4.78, 5) is 4.84. The van der Waals surface area contributed by atoms with Crippen molar-refractivity contribution in [1.82, 2.24) is 0 Å². The van der Waals surface area contributed by atoms with Gasteiger partial charge in [0.15, 0.2) is 0 Å². The van der Waals surface area contributed by atoms with E-state index in [1.54, 1.807) is 0 Å². The first kappa shape index (κ1) is 19.8. The molecule has 0 aliphatic carbocycles. The van der Waals surface area contributed by atoms with E-state index < -0.39 is 0 Å². The molecule has 0 saturated carbocycles. The van der Waals surface area contributed by atoms with Crippen molar-refractivity contribution in [3.05, 3.63) is 120 Å². The second-order valence-corrected chi connectivity index (χ2v) is 9.69. The van der Waals surface area contributed by atoms with Crippen LogP contribution in [0.2, 0.25) is 5.02 Å². The van der Waals surface area contributed by atoms with Gasteiger partial charge >= 0.3 is 192 Å². The fraction of sp³-hybridized carbons (Fsp3) is 0. The predicted octanol–water partition coefficient (Wildman–Crippen LogP) is 5.64. The third-order valence-electron chi connectivity index (χ3n) is 4.86. The molecule has 0 N–H and O–H groups in total. The van der Waals surface area contributed by atoms with Crippen molar-refractivity contribution in [2.24, 2.45) is 4.99 Å². The zero-order valence-corrected chi connectivity index (χ0v) is 19.0. The standard InChI is InChI=1S/C27H18ClNOSe/c28-20-15-17-22(18-16-20)31-26-23-13-7-8-14-24(23)27(29-21-11-5-2-6-12-21)30-25(26)19-9-3-1-4-10-19/h1-18H. The number of hydrogen-bond donors (Lipinski definition) is 0. The fourth-order valence-electron chi connectivity index (χ4n) is 3.39. The van der Waals surface area contributed by atoms with Gasteiger partial charge in [0.1, 0.15) is 0 Å². The van der Waals surface area contributed by atoms with Crippen LogP contribution < -0.4 is 14.5 Å². The van der Waals surface area contributed by atoms with Gasteiger partial charge in [0.25, 0.3) is 0 Å². The first-order valence-electron chi connectivity index (χ1n) is 9.92. The van der Waals surface area contributed by atoms with Gasteiger partial charge in [-0.2, -0.15) is 0 Å². The Hall–Kier alpha value is -3.10. The molecule has 1 aromatic heterocycles. The number of nitrogens with zero attached hydrogens (tertiary/aromatic N) is 1. The predicted molar refractivity (Wildman–Crippen MR) is 130 cm³/mol. The number of benzene rings is 4. The van der Waals surface area contributed by atoms with E-state index in [-0.39, 0.29) is 15.0 Å². The average Bonchev–Trinajstić information content (AvgIpc) is 2.83. The third kappa shape index (κ3) is 4.35. The second-order valence-electron chi connectivity index (χ2n) is 6.98. The van der Waals surface area contributed by atoms with Crippen molar-refractivity contribution in [2.45, 2.75) is 0 Å². The molecule has 5 aromatic rings. The topological polar surface area (TPSA) is 25.5 Å². The van der Waals surface area contributed by atoms with Crippen molar-refractivity contribution in [3.63, 3.8) is 0 Å². The van der Waals surface area contributed by atoms with Crippen molar-refractivity contribution >= 4 is 51.9 Å². The maximum atomic E-state index is 6.53. The van der Waals surface area contributed by atoms with Crippen LogP contribution in [-0.4, -0.2) is 15.0 Å². The van der Waals surface area contributed by atoms with E-state index in [0.717, 1.165) is 32.8 Å². The van der Waals surface area contributed by atoms with Crippen molar-refractivity contribution in [3.8, 4) is 11.3 Å². The van der Waals surface area contributed by atoms with Crippen LogP contribution in [0.25, 0.3) is 22.1 Å². The minimum absolute atomic E-state index is 0.0319. The van der Waals surface area contributed by atoms with E-state index >= 15 is 0 Å². The van der Waals surface area contributed by atoms with Gasteiger partial charge in [-0.25, -0.2) is 0 Å². The molecule has 1 heterocycles. The SMILES string of the molecule is Clc1ccc([Se]c2c(-c3ccccc3)oc(=Nc3ccccc3)c3ccccc23)cc1. The molecule has 150 valence electrons. The van der Waals surface area contributed by atoms with Crippen LogP contribution in [-0.2, 0) is 0 Å². The van der Waals surface area contributed by atoms with Gasteiger partial charge in [-0.3, -0.25) is 0 Å². The zero-order valence-electron chi connectivity index (χ0n) is 16.5. The molecule has 2 nitrogen and oxygen atoms in total. The quantitative estimate of drug-likeness (QED) is 0.302. The molecular weight excluding hydrogens is 469 g/mol. The minimum atomic E-state index is 0.0319. The van der Waals surface area contributed by atoms with Gasteiger partial charge in [0.2, 0.25) is 0 Å². The first-order valence-corrected chi connectivity index (χ1v) is 12.0. The summed E-state index contributed by atoms with van der Waals surface area (Å²) in [5.41, 5.74) is 2.53. The van der Waals surface area contributed by atoms with E-state index in [2.05, 4.69) is 42.5 Å². The van der Waals surface area contributed by atoms with E-state index in [1.807, 2.05) is 66.7 Å². The summed E-state index contributed by atoms with van der Waals surface area (Å²) in [5, 5.41) is 2.92. The number of halogens is 1. The number of fused-ring (bicyclic) bond motifs is 1. The Morgan fingerprint density at radius 3 is 1.97 bits per heavy atom. The van der Waals surface area contributed by atoms with Crippen LogP contribution in [0, 0.1) is 0 Å². The van der Waals surface area contributed by atoms with Crippen molar-refractivity contribution < 1.29 is 4.42 Å². The summed E-state index contributed by atoms with van der Waals surface area (Å²) in [6.07, 6.45) is 0. The summed E-state index contributed by atoms with van der Waals surface area (Å²) in [6, 6.07) is 36.6. The second kappa shape index (κ2) is 8.95. The number of para-hydroxylation sites is 1. The van der Waals surface area contributed by atoms with Gasteiger partial charge in [-0.05, 0) is 0 Å². The van der Waals surface area contributed by atoms with Crippen LogP contribution in [0.15, 0.2) is 119 Å². The van der Waals surface area contributed by atoms with Gasteiger partial charge in [0, 0.05) is 0 Å². The monoisotopic (exact) mass is 487 g/mol. The molecular formula is C27H18ClNOSe. The average molecular weight is 487 g/mol. The summed E-state index contributed by atoms with van der Waals surface area (Å²) in [7, 11) is 0. The zero-order chi connectivity index (χ0) is 21.0. The third-order valence-corrected chi connectivity index (χ3v) is 7.46. The van der Waals surface area contributed by atoms with Gasteiger partial charge < -0.3 is 0 Å². The molecule has 4 aromatic carbocycles. The molecule has 0 atom stereocenters. The molecule has 0 radical (unpaired) electrons. The number of rotatable bonds is 4. The Bertz CT molecular complexity index is 1390. The molecule has 0 saturated heterocycles. The van der Waals surface area contributed by atoms with Crippen LogP contribution in [0.4, 0.5) is 5.69 Å². The van der Waals surface area contributed by atoms with Crippen molar-refractivity contribution in [2.75, 3.05) is 0 Å². The Balaban J connectivity index is 1.80. The molecule has 31 heavy (non-hydrogen) atoms. The van der Waals surface area contributed by atoms with Crippen LogP contribution in [0.3, 0.4) is 0 Å². The molecule has 0 bridgehead atoms. The van der Waals surface area contributed by atoms with Gasteiger partial charge in [-0.1, -0.05) is 0 Å². The van der Waals surface area contributed by atoms with Crippen LogP contribution in [0.5, 0.6) is 0 Å². The molecule has 0 fully saturated rings. The van der Waals surface area contributed by atoms with E-state index in [0.29, 0.717) is 5.55 Å². The molecule has 0 spiro atoms. The molecule has 0 amide bonds. The first-order chi connectivity index (χ1) is 15.3. The molecule has 4 heteroatoms. The molecule has 0 aliphatic heterocycles. The summed E-state index contributed by atoms with van der Waals surface area (Å²) in [6.45, 7) is 0. The number of hydrogen-bond acceptors (Lipinski definition) is 2. The summed E-state index contributed by atoms with van der Waals surface area (Å²) >= 11 is 6.14. The molecule has 0 unspecified atom stereocenters. The van der Waals surface area contributed by atoms with Gasteiger partial charge in [-0.15, -0.1) is 0 Å². The normalized spacial score (nSPS) is 11.7. The molecule has 5 rings (SSSR count). The van der Waals surface area contributed by atoms with Gasteiger partial charge in [0.05, 0.1) is 0 Å². The molecule has 0 aliphatic rings. The maximum absolute atomic E-state index is 6.53. The Morgan fingerprint density at radius 1 is 0.645 bits per heavy atom. The Labute approximate surface area is 192 Å². The van der Waals surface area contributed by atoms with Crippen LogP contribution in [0.1, 0.15) is 0 Å². The fourth-order valence-corrected chi connectivity index (χ4v) is 5.72. The Morgan fingerprint density at radius 2 is 1.26 bits per heavy atom. The van der Waals surface area contributed by atoms with E-state index in [1.165, 1.54) is 8.92 Å². The van der Waals surface area contributed by atoms with E-state index in [9.17, 15) is 0 Å². The van der Waals surface area contributed by atoms with Crippen LogP contribution >= 0.6 is 11.6 Å². The van der Waals surface area contributed by atoms with Crippen molar-refractivity contribution in [1.29, 1.82) is 0 Å².